The molecule has 1 amide bonds. The van der Waals surface area contributed by atoms with E-state index in [1.54, 1.807) is 0 Å². The molecule has 0 saturated carbocycles. The van der Waals surface area contributed by atoms with Crippen LogP contribution in [-0.4, -0.2) is 59.5 Å². The molecule has 0 aliphatic rings. The Morgan fingerprint density at radius 3 is 2.50 bits per heavy atom. The summed E-state index contributed by atoms with van der Waals surface area (Å²) in [5.41, 5.74) is 5.78. The fraction of sp³-hybridized carbons (Fsp3) is 0.833. The number of hydrogen-bond donors (Lipinski definition) is 5. The number of aliphatic carboxylic acids is 1. The first-order valence-electron chi connectivity index (χ1n) is 6.75. The Balaban J connectivity index is 3.96. The van der Waals surface area contributed by atoms with Crippen molar-refractivity contribution >= 4 is 11.9 Å². The van der Waals surface area contributed by atoms with Crippen molar-refractivity contribution in [3.63, 3.8) is 0 Å². The van der Waals surface area contributed by atoms with Gasteiger partial charge in [0.25, 0.3) is 5.91 Å². The predicted molar refractivity (Wildman–Crippen MR) is 74.6 cm³/mol. The van der Waals surface area contributed by atoms with Crippen molar-refractivity contribution in [2.75, 3.05) is 26.7 Å². The van der Waals surface area contributed by atoms with Gasteiger partial charge in [-0.05, 0) is 38.8 Å². The Hall–Kier alpha value is -1.22. The Kier molecular flexibility index (Phi) is 9.06. The lowest BCUT2D eigenvalue weighted by molar-refractivity contribution is -0.147. The third-order valence-electron chi connectivity index (χ3n) is 2.65. The number of nitrogens with one attached hydrogen (secondary N) is 2. The van der Waals surface area contributed by atoms with Gasteiger partial charge in [-0.3, -0.25) is 20.7 Å². The van der Waals surface area contributed by atoms with Crippen molar-refractivity contribution in [3.05, 3.63) is 0 Å². The smallest absolute Gasteiger partial charge is 0.319 e. The van der Waals surface area contributed by atoms with Crippen LogP contribution in [0.2, 0.25) is 0 Å². The molecule has 1 atom stereocenters. The van der Waals surface area contributed by atoms with Gasteiger partial charge in [0.05, 0.1) is 0 Å². The monoisotopic (exact) mass is 290 g/mol. The Bertz CT molecular complexity index is 310. The lowest BCUT2D eigenvalue weighted by Crippen LogP contribution is -2.58. The molecular weight excluding hydrogens is 264 g/mol. The molecule has 0 heterocycles. The summed E-state index contributed by atoms with van der Waals surface area (Å²) >= 11 is 0. The molecule has 0 aromatic heterocycles. The number of carbonyl (C=O) groups excluding carboxylic acids is 1. The minimum Gasteiger partial charge on any atom is -0.480 e. The zero-order valence-electron chi connectivity index (χ0n) is 12.2. The highest BCUT2D eigenvalue weighted by Gasteiger charge is 2.31. The number of carboxylic acid groups (broad SMARTS) is 1. The van der Waals surface area contributed by atoms with Gasteiger partial charge in [-0.15, -0.1) is 0 Å². The summed E-state index contributed by atoms with van der Waals surface area (Å²) in [4.78, 5) is 22.1. The molecule has 0 aliphatic heterocycles. The molecule has 0 saturated heterocycles. The molecule has 0 radical (unpaired) electrons. The molecule has 0 aromatic rings. The molecule has 0 fully saturated rings. The van der Waals surface area contributed by atoms with Crippen LogP contribution in [0.15, 0.2) is 0 Å². The zero-order valence-corrected chi connectivity index (χ0v) is 12.2. The van der Waals surface area contributed by atoms with Crippen LogP contribution in [0.25, 0.3) is 0 Å². The van der Waals surface area contributed by atoms with Crippen molar-refractivity contribution in [2.24, 2.45) is 5.73 Å². The number of hydrazine groups is 1. The van der Waals surface area contributed by atoms with E-state index >= 15 is 0 Å². The summed E-state index contributed by atoms with van der Waals surface area (Å²) in [6, 6.07) is 0. The van der Waals surface area contributed by atoms with E-state index in [1.807, 2.05) is 0 Å². The fourth-order valence-corrected chi connectivity index (χ4v) is 1.57. The number of hydrogen-bond acceptors (Lipinski definition) is 6. The number of carbonyl (C=O) groups is 2. The van der Waals surface area contributed by atoms with Crippen LogP contribution in [0.1, 0.15) is 32.6 Å². The Morgan fingerprint density at radius 2 is 1.95 bits per heavy atom. The standard InChI is InChI=1S/C12H26N4O4/c1-3-7-14-8-5-4-6-12(13,20)11(19)15-16(2)9-10(17)18/h14,20H,3-9,13H2,1-2H3,(H,15,19)(H,17,18). The first-order chi connectivity index (χ1) is 9.29. The van der Waals surface area contributed by atoms with Gasteiger partial charge in [0.1, 0.15) is 6.54 Å². The summed E-state index contributed by atoms with van der Waals surface area (Å²) < 4.78 is 0. The van der Waals surface area contributed by atoms with E-state index in [0.29, 0.717) is 6.42 Å². The number of unbranched alkanes of at least 4 members (excludes halogenated alkanes) is 1. The maximum absolute atomic E-state index is 11.7. The van der Waals surface area contributed by atoms with Crippen LogP contribution >= 0.6 is 0 Å². The third kappa shape index (κ3) is 8.81. The average molecular weight is 290 g/mol. The normalized spacial score (nSPS) is 14.1. The van der Waals surface area contributed by atoms with Crippen molar-refractivity contribution in [2.45, 2.75) is 38.3 Å². The number of likely N-dealkylation sites (N-methyl/N-ethyl adjacent to an activating group) is 1. The summed E-state index contributed by atoms with van der Waals surface area (Å²) in [6.07, 6.45) is 2.57. The third-order valence-corrected chi connectivity index (χ3v) is 2.65. The lowest BCUT2D eigenvalue weighted by Gasteiger charge is -2.25. The zero-order chi connectivity index (χ0) is 15.6. The molecule has 1 unspecified atom stereocenters. The van der Waals surface area contributed by atoms with Gasteiger partial charge < -0.3 is 15.5 Å². The fourth-order valence-electron chi connectivity index (χ4n) is 1.57. The second-order valence-electron chi connectivity index (χ2n) is 4.82. The minimum atomic E-state index is -1.99. The van der Waals surface area contributed by atoms with Crippen LogP contribution in [-0.2, 0) is 9.59 Å². The number of nitrogens with zero attached hydrogens (tertiary/aromatic N) is 1. The van der Waals surface area contributed by atoms with E-state index in [2.05, 4.69) is 17.7 Å². The Morgan fingerprint density at radius 1 is 1.30 bits per heavy atom. The highest BCUT2D eigenvalue weighted by atomic mass is 16.4. The lowest BCUT2D eigenvalue weighted by atomic mass is 10.1. The molecule has 20 heavy (non-hydrogen) atoms. The van der Waals surface area contributed by atoms with Gasteiger partial charge in [0, 0.05) is 7.05 Å². The number of rotatable bonds is 11. The molecule has 0 aliphatic carbocycles. The molecule has 0 spiro atoms. The van der Waals surface area contributed by atoms with Crippen LogP contribution in [0.5, 0.6) is 0 Å². The average Bonchev–Trinajstić information content (AvgIpc) is 2.32. The maximum Gasteiger partial charge on any atom is 0.319 e. The molecule has 8 heteroatoms. The van der Waals surface area contributed by atoms with E-state index in [-0.39, 0.29) is 13.0 Å². The number of nitrogens with two attached hydrogens (primary N) is 1. The van der Waals surface area contributed by atoms with Crippen molar-refractivity contribution in [1.82, 2.24) is 15.8 Å². The van der Waals surface area contributed by atoms with Gasteiger partial charge in [0.15, 0.2) is 5.72 Å². The molecular formula is C12H26N4O4. The van der Waals surface area contributed by atoms with Crippen molar-refractivity contribution < 1.29 is 19.8 Å². The largest absolute Gasteiger partial charge is 0.480 e. The van der Waals surface area contributed by atoms with Gasteiger partial charge in [-0.1, -0.05) is 6.92 Å². The molecule has 118 valence electrons. The first kappa shape index (κ1) is 18.8. The summed E-state index contributed by atoms with van der Waals surface area (Å²) in [5.74, 6) is -1.89. The second kappa shape index (κ2) is 9.65. The van der Waals surface area contributed by atoms with E-state index in [1.165, 1.54) is 7.05 Å². The number of carboxylic acids is 1. The van der Waals surface area contributed by atoms with E-state index in [9.17, 15) is 14.7 Å². The van der Waals surface area contributed by atoms with Crippen LogP contribution < -0.4 is 16.5 Å². The topological polar surface area (TPSA) is 128 Å². The molecule has 0 rings (SSSR count). The van der Waals surface area contributed by atoms with Gasteiger partial charge in [-0.2, -0.15) is 0 Å². The summed E-state index contributed by atoms with van der Waals surface area (Å²) in [5, 5.41) is 22.7. The maximum atomic E-state index is 11.7. The molecule has 0 bridgehead atoms. The van der Waals surface area contributed by atoms with Gasteiger partial charge in [-0.25, -0.2) is 5.01 Å². The summed E-state index contributed by atoms with van der Waals surface area (Å²) in [7, 11) is 1.39. The summed E-state index contributed by atoms with van der Waals surface area (Å²) in [6.45, 7) is 3.45. The molecule has 8 nitrogen and oxygen atoms in total. The highest BCUT2D eigenvalue weighted by Crippen LogP contribution is 2.08. The van der Waals surface area contributed by atoms with E-state index in [0.717, 1.165) is 30.9 Å². The minimum absolute atomic E-state index is 0.119. The van der Waals surface area contributed by atoms with Crippen molar-refractivity contribution in [3.8, 4) is 0 Å². The van der Waals surface area contributed by atoms with E-state index < -0.39 is 17.6 Å². The Labute approximate surface area is 119 Å². The van der Waals surface area contributed by atoms with Crippen LogP contribution in [0.3, 0.4) is 0 Å². The van der Waals surface area contributed by atoms with E-state index in [4.69, 9.17) is 10.8 Å². The number of amides is 1. The molecule has 0 aromatic carbocycles. The number of aliphatic hydroxyl groups is 1. The van der Waals surface area contributed by atoms with Crippen LogP contribution in [0.4, 0.5) is 0 Å². The predicted octanol–water partition coefficient (Wildman–Crippen LogP) is -1.15. The van der Waals surface area contributed by atoms with Crippen molar-refractivity contribution in [1.29, 1.82) is 0 Å². The second-order valence-corrected chi connectivity index (χ2v) is 4.82. The van der Waals surface area contributed by atoms with Crippen LogP contribution in [0, 0.1) is 0 Å². The first-order valence-corrected chi connectivity index (χ1v) is 6.75. The molecule has 6 N–H and O–H groups in total. The highest BCUT2D eigenvalue weighted by molar-refractivity contribution is 5.84. The van der Waals surface area contributed by atoms with Gasteiger partial charge >= 0.3 is 5.97 Å². The quantitative estimate of drug-likeness (QED) is 0.185. The van der Waals surface area contributed by atoms with Gasteiger partial charge in [0.2, 0.25) is 0 Å². The SMILES string of the molecule is CCCNCCCCC(N)(O)C(=O)NN(C)CC(=O)O.